The molecule has 4 heteroatoms. The van der Waals surface area contributed by atoms with Crippen LogP contribution in [-0.2, 0) is 0 Å². The van der Waals surface area contributed by atoms with Crippen molar-refractivity contribution in [2.24, 2.45) is 0 Å². The Morgan fingerprint density at radius 3 is 2.29 bits per heavy atom. The van der Waals surface area contributed by atoms with Gasteiger partial charge in [-0.15, -0.1) is 10.2 Å². The molecule has 0 N–H and O–H groups in total. The fraction of sp³-hybridized carbons (Fsp3) is 0.385. The zero-order valence-corrected chi connectivity index (χ0v) is 11.0. The van der Waals surface area contributed by atoms with Crippen molar-refractivity contribution in [1.29, 1.82) is 0 Å². The second-order valence-electron chi connectivity index (χ2n) is 4.44. The summed E-state index contributed by atoms with van der Waals surface area (Å²) < 4.78 is 1.99. The predicted octanol–water partition coefficient (Wildman–Crippen LogP) is 3.66. The SMILES string of the molecule is CC(C)c1nnc(Cl)n1C(C)c1ccccc1. The molecule has 0 radical (unpaired) electrons. The molecule has 3 nitrogen and oxygen atoms in total. The van der Waals surface area contributed by atoms with E-state index >= 15 is 0 Å². The molecule has 2 aromatic rings. The Kier molecular flexibility index (Phi) is 3.48. The van der Waals surface area contributed by atoms with Gasteiger partial charge in [0, 0.05) is 5.92 Å². The first-order chi connectivity index (χ1) is 8.11. The molecule has 1 aromatic heterocycles. The molecule has 2 rings (SSSR count). The fourth-order valence-electron chi connectivity index (χ4n) is 1.92. The summed E-state index contributed by atoms with van der Waals surface area (Å²) in [5.74, 6) is 1.23. The van der Waals surface area contributed by atoms with E-state index in [1.165, 1.54) is 5.56 Å². The van der Waals surface area contributed by atoms with E-state index < -0.39 is 0 Å². The van der Waals surface area contributed by atoms with Crippen LogP contribution in [-0.4, -0.2) is 14.8 Å². The molecular formula is C13H16ClN3. The zero-order chi connectivity index (χ0) is 12.4. The van der Waals surface area contributed by atoms with Gasteiger partial charge in [0.2, 0.25) is 5.28 Å². The maximum absolute atomic E-state index is 6.12. The summed E-state index contributed by atoms with van der Waals surface area (Å²) in [6, 6.07) is 10.4. The van der Waals surface area contributed by atoms with Gasteiger partial charge in [-0.3, -0.25) is 4.57 Å². The van der Waals surface area contributed by atoms with Crippen molar-refractivity contribution in [3.05, 3.63) is 47.0 Å². The lowest BCUT2D eigenvalue weighted by atomic mass is 10.1. The zero-order valence-electron chi connectivity index (χ0n) is 10.3. The molecule has 1 atom stereocenters. The van der Waals surface area contributed by atoms with Crippen LogP contribution in [0.25, 0.3) is 0 Å². The van der Waals surface area contributed by atoms with Crippen LogP contribution < -0.4 is 0 Å². The van der Waals surface area contributed by atoms with Crippen molar-refractivity contribution in [2.45, 2.75) is 32.7 Å². The van der Waals surface area contributed by atoms with Crippen LogP contribution in [0, 0.1) is 0 Å². The minimum Gasteiger partial charge on any atom is -0.294 e. The van der Waals surface area contributed by atoms with Gasteiger partial charge >= 0.3 is 0 Å². The van der Waals surface area contributed by atoms with Gasteiger partial charge in [0.05, 0.1) is 6.04 Å². The third-order valence-corrected chi connectivity index (χ3v) is 3.12. The number of nitrogens with zero attached hydrogens (tertiary/aromatic N) is 3. The van der Waals surface area contributed by atoms with Crippen molar-refractivity contribution in [3.8, 4) is 0 Å². The van der Waals surface area contributed by atoms with Gasteiger partial charge in [0.15, 0.2) is 0 Å². The molecule has 0 amide bonds. The lowest BCUT2D eigenvalue weighted by molar-refractivity contribution is 0.579. The minimum atomic E-state index is 0.149. The van der Waals surface area contributed by atoms with E-state index in [0.717, 1.165) is 5.82 Å². The minimum absolute atomic E-state index is 0.149. The average Bonchev–Trinajstić information content (AvgIpc) is 2.71. The molecule has 0 bridgehead atoms. The number of hydrogen-bond donors (Lipinski definition) is 0. The van der Waals surface area contributed by atoms with Crippen LogP contribution in [0.2, 0.25) is 5.28 Å². The lowest BCUT2D eigenvalue weighted by Crippen LogP contribution is -2.12. The highest BCUT2D eigenvalue weighted by atomic mass is 35.5. The highest BCUT2D eigenvalue weighted by molar-refractivity contribution is 6.28. The van der Waals surface area contributed by atoms with Gasteiger partial charge in [-0.05, 0) is 24.1 Å². The van der Waals surface area contributed by atoms with Crippen LogP contribution in [0.15, 0.2) is 30.3 Å². The third kappa shape index (κ3) is 2.34. The molecule has 17 heavy (non-hydrogen) atoms. The van der Waals surface area contributed by atoms with E-state index in [-0.39, 0.29) is 6.04 Å². The smallest absolute Gasteiger partial charge is 0.225 e. The molecule has 0 spiro atoms. The number of aromatic nitrogens is 3. The molecule has 0 aliphatic heterocycles. The summed E-state index contributed by atoms with van der Waals surface area (Å²) in [5, 5.41) is 8.55. The topological polar surface area (TPSA) is 30.7 Å². The van der Waals surface area contributed by atoms with Crippen LogP contribution in [0.1, 0.15) is 44.1 Å². The Morgan fingerprint density at radius 1 is 1.06 bits per heavy atom. The molecule has 1 unspecified atom stereocenters. The number of halogens is 1. The molecule has 0 saturated carbocycles. The van der Waals surface area contributed by atoms with Gasteiger partial charge < -0.3 is 0 Å². The van der Waals surface area contributed by atoms with Crippen LogP contribution >= 0.6 is 11.6 Å². The highest BCUT2D eigenvalue weighted by Gasteiger charge is 2.19. The quantitative estimate of drug-likeness (QED) is 0.831. The first-order valence-corrected chi connectivity index (χ1v) is 6.14. The van der Waals surface area contributed by atoms with Crippen LogP contribution in [0.5, 0.6) is 0 Å². The summed E-state index contributed by atoms with van der Waals surface area (Å²) in [4.78, 5) is 0. The first-order valence-electron chi connectivity index (χ1n) is 5.76. The van der Waals surface area contributed by atoms with E-state index in [0.29, 0.717) is 11.2 Å². The predicted molar refractivity (Wildman–Crippen MR) is 69.4 cm³/mol. The van der Waals surface area contributed by atoms with E-state index in [2.05, 4.69) is 43.1 Å². The molecule has 0 saturated heterocycles. The summed E-state index contributed by atoms with van der Waals surface area (Å²) >= 11 is 6.12. The van der Waals surface area contributed by atoms with Crippen LogP contribution in [0.4, 0.5) is 0 Å². The molecule has 0 fully saturated rings. The number of rotatable bonds is 3. The Morgan fingerprint density at radius 2 is 1.71 bits per heavy atom. The molecule has 0 aliphatic carbocycles. The van der Waals surface area contributed by atoms with Crippen LogP contribution in [0.3, 0.4) is 0 Å². The Hall–Kier alpha value is -1.35. The highest BCUT2D eigenvalue weighted by Crippen LogP contribution is 2.26. The molecule has 90 valence electrons. The molecule has 1 aromatic carbocycles. The second kappa shape index (κ2) is 4.88. The lowest BCUT2D eigenvalue weighted by Gasteiger charge is -2.18. The van der Waals surface area contributed by atoms with E-state index in [1.807, 2.05) is 22.8 Å². The summed E-state index contributed by atoms with van der Waals surface area (Å²) in [6.07, 6.45) is 0. The normalized spacial score (nSPS) is 13.0. The van der Waals surface area contributed by atoms with Gasteiger partial charge in [-0.25, -0.2) is 0 Å². The fourth-order valence-corrected chi connectivity index (χ4v) is 2.19. The number of hydrogen-bond acceptors (Lipinski definition) is 2. The third-order valence-electron chi connectivity index (χ3n) is 2.87. The van der Waals surface area contributed by atoms with Crippen molar-refractivity contribution >= 4 is 11.6 Å². The second-order valence-corrected chi connectivity index (χ2v) is 4.78. The van der Waals surface area contributed by atoms with Crippen molar-refractivity contribution in [3.63, 3.8) is 0 Å². The van der Waals surface area contributed by atoms with Crippen molar-refractivity contribution in [1.82, 2.24) is 14.8 Å². The number of benzene rings is 1. The first kappa shape index (κ1) is 12.1. The van der Waals surface area contributed by atoms with E-state index in [1.54, 1.807) is 0 Å². The summed E-state index contributed by atoms with van der Waals surface area (Å²) in [6.45, 7) is 6.29. The van der Waals surface area contributed by atoms with Crippen molar-refractivity contribution in [2.75, 3.05) is 0 Å². The average molecular weight is 250 g/mol. The van der Waals surface area contributed by atoms with Gasteiger partial charge in [0.25, 0.3) is 0 Å². The maximum atomic E-state index is 6.12. The summed E-state index contributed by atoms with van der Waals surface area (Å²) in [5.41, 5.74) is 1.20. The molecule has 1 heterocycles. The van der Waals surface area contributed by atoms with Gasteiger partial charge in [0.1, 0.15) is 5.82 Å². The maximum Gasteiger partial charge on any atom is 0.225 e. The van der Waals surface area contributed by atoms with E-state index in [4.69, 9.17) is 11.6 Å². The Labute approximate surface area is 106 Å². The largest absolute Gasteiger partial charge is 0.294 e. The Bertz CT molecular complexity index is 491. The van der Waals surface area contributed by atoms with E-state index in [9.17, 15) is 0 Å². The Balaban J connectivity index is 2.43. The van der Waals surface area contributed by atoms with Gasteiger partial charge in [-0.2, -0.15) is 0 Å². The van der Waals surface area contributed by atoms with Crippen molar-refractivity contribution < 1.29 is 0 Å². The monoisotopic (exact) mass is 249 g/mol. The molecule has 0 aliphatic rings. The molecular weight excluding hydrogens is 234 g/mol. The van der Waals surface area contributed by atoms with Gasteiger partial charge in [-0.1, -0.05) is 44.2 Å². The standard InChI is InChI=1S/C13H16ClN3/c1-9(2)12-15-16-13(14)17(12)10(3)11-7-5-4-6-8-11/h4-10H,1-3H3. The summed E-state index contributed by atoms with van der Waals surface area (Å²) in [7, 11) is 0.